The third-order valence-electron chi connectivity index (χ3n) is 2.67. The van der Waals surface area contributed by atoms with Crippen LogP contribution in [0.4, 0.5) is 0 Å². The maximum absolute atomic E-state index is 11.5. The maximum Gasteiger partial charge on any atom is 0.323 e. The van der Waals surface area contributed by atoms with E-state index in [1.807, 2.05) is 11.8 Å². The van der Waals surface area contributed by atoms with Crippen molar-refractivity contribution in [2.24, 2.45) is 0 Å². The minimum Gasteiger partial charge on any atom is -0.468 e. The van der Waals surface area contributed by atoms with E-state index in [1.54, 1.807) is 0 Å². The van der Waals surface area contributed by atoms with Gasteiger partial charge in [0.25, 0.3) is 0 Å². The SMILES string of the molecule is COC(=O)C1CCCCN1CCSC. The van der Waals surface area contributed by atoms with E-state index < -0.39 is 0 Å². The van der Waals surface area contributed by atoms with Crippen molar-refractivity contribution in [3.8, 4) is 0 Å². The summed E-state index contributed by atoms with van der Waals surface area (Å²) in [5, 5.41) is 0. The molecule has 0 amide bonds. The predicted molar refractivity (Wildman–Crippen MR) is 59.6 cm³/mol. The van der Waals surface area contributed by atoms with Crippen LogP contribution in [0.15, 0.2) is 0 Å². The molecule has 0 spiro atoms. The van der Waals surface area contributed by atoms with Gasteiger partial charge in [0.05, 0.1) is 7.11 Å². The van der Waals surface area contributed by atoms with Gasteiger partial charge in [-0.2, -0.15) is 11.8 Å². The summed E-state index contributed by atoms with van der Waals surface area (Å²) in [6.45, 7) is 2.04. The summed E-state index contributed by atoms with van der Waals surface area (Å²) in [4.78, 5) is 13.7. The number of hydrogen-bond acceptors (Lipinski definition) is 4. The Kier molecular flexibility index (Phi) is 5.33. The molecule has 3 nitrogen and oxygen atoms in total. The fourth-order valence-electron chi connectivity index (χ4n) is 1.87. The van der Waals surface area contributed by atoms with E-state index >= 15 is 0 Å². The summed E-state index contributed by atoms with van der Waals surface area (Å²) in [6, 6.07) is 0.0147. The molecule has 4 heteroatoms. The Morgan fingerprint density at radius 3 is 3.00 bits per heavy atom. The molecular weight excluding hydrogens is 198 g/mol. The Morgan fingerprint density at radius 2 is 2.36 bits per heavy atom. The summed E-state index contributed by atoms with van der Waals surface area (Å²) in [5.41, 5.74) is 0. The fourth-order valence-corrected chi connectivity index (χ4v) is 2.29. The highest BCUT2D eigenvalue weighted by Gasteiger charge is 2.28. The Hall–Kier alpha value is -0.220. The van der Waals surface area contributed by atoms with Crippen LogP contribution < -0.4 is 0 Å². The first-order chi connectivity index (χ1) is 6.79. The van der Waals surface area contributed by atoms with Crippen molar-refractivity contribution in [3.63, 3.8) is 0 Å². The number of carbonyl (C=O) groups is 1. The molecule has 1 aliphatic rings. The molecule has 1 saturated heterocycles. The van der Waals surface area contributed by atoms with E-state index in [4.69, 9.17) is 4.74 Å². The lowest BCUT2D eigenvalue weighted by Gasteiger charge is -2.33. The second-order valence-corrected chi connectivity index (χ2v) is 4.55. The van der Waals surface area contributed by atoms with Gasteiger partial charge in [0.15, 0.2) is 0 Å². The van der Waals surface area contributed by atoms with E-state index in [9.17, 15) is 4.79 Å². The normalized spacial score (nSPS) is 23.4. The van der Waals surface area contributed by atoms with Crippen LogP contribution in [0.1, 0.15) is 19.3 Å². The van der Waals surface area contributed by atoms with Gasteiger partial charge in [-0.3, -0.25) is 9.69 Å². The van der Waals surface area contributed by atoms with Crippen molar-refractivity contribution in [2.45, 2.75) is 25.3 Å². The molecular formula is C10H19NO2S. The largest absolute Gasteiger partial charge is 0.468 e. The predicted octanol–water partition coefficient (Wildman–Crippen LogP) is 1.38. The Morgan fingerprint density at radius 1 is 1.57 bits per heavy atom. The van der Waals surface area contributed by atoms with E-state index in [0.717, 1.165) is 31.7 Å². The maximum atomic E-state index is 11.5. The topological polar surface area (TPSA) is 29.5 Å². The van der Waals surface area contributed by atoms with Crippen LogP contribution in [0.2, 0.25) is 0 Å². The highest BCUT2D eigenvalue weighted by atomic mass is 32.2. The molecule has 0 aromatic carbocycles. The lowest BCUT2D eigenvalue weighted by Crippen LogP contribution is -2.46. The molecule has 14 heavy (non-hydrogen) atoms. The molecule has 1 fully saturated rings. The van der Waals surface area contributed by atoms with Crippen LogP contribution >= 0.6 is 11.8 Å². The first-order valence-electron chi connectivity index (χ1n) is 5.10. The summed E-state index contributed by atoms with van der Waals surface area (Å²) >= 11 is 1.82. The smallest absolute Gasteiger partial charge is 0.323 e. The van der Waals surface area contributed by atoms with Gasteiger partial charge >= 0.3 is 5.97 Å². The molecule has 1 aliphatic heterocycles. The zero-order chi connectivity index (χ0) is 10.4. The number of thioether (sulfide) groups is 1. The minimum absolute atomic E-state index is 0.0147. The highest BCUT2D eigenvalue weighted by molar-refractivity contribution is 7.98. The zero-order valence-electron chi connectivity index (χ0n) is 8.99. The molecule has 1 unspecified atom stereocenters. The van der Waals surface area contributed by atoms with Gasteiger partial charge in [-0.15, -0.1) is 0 Å². The average Bonchev–Trinajstić information content (AvgIpc) is 2.25. The van der Waals surface area contributed by atoms with Gasteiger partial charge in [0, 0.05) is 12.3 Å². The van der Waals surface area contributed by atoms with E-state index in [1.165, 1.54) is 13.5 Å². The quantitative estimate of drug-likeness (QED) is 0.665. The van der Waals surface area contributed by atoms with Crippen LogP contribution in [-0.4, -0.2) is 49.1 Å². The number of piperidine rings is 1. The third-order valence-corrected chi connectivity index (χ3v) is 3.26. The second-order valence-electron chi connectivity index (χ2n) is 3.56. The van der Waals surface area contributed by atoms with Gasteiger partial charge < -0.3 is 4.74 Å². The standard InChI is InChI=1S/C10H19NO2S/c1-13-10(12)9-5-3-4-6-11(9)7-8-14-2/h9H,3-8H2,1-2H3. The molecule has 1 atom stereocenters. The molecule has 1 rings (SSSR count). The first-order valence-corrected chi connectivity index (χ1v) is 6.49. The van der Waals surface area contributed by atoms with E-state index in [-0.39, 0.29) is 12.0 Å². The second kappa shape index (κ2) is 6.30. The number of nitrogens with zero attached hydrogens (tertiary/aromatic N) is 1. The Bertz CT molecular complexity index is 187. The Balaban J connectivity index is 2.45. The number of methoxy groups -OCH3 is 1. The number of ether oxygens (including phenoxy) is 1. The lowest BCUT2D eigenvalue weighted by atomic mass is 10.0. The van der Waals surface area contributed by atoms with Gasteiger partial charge in [0.2, 0.25) is 0 Å². The molecule has 0 aliphatic carbocycles. The molecule has 0 saturated carbocycles. The van der Waals surface area contributed by atoms with E-state index in [0.29, 0.717) is 0 Å². The summed E-state index contributed by atoms with van der Waals surface area (Å²) < 4.78 is 4.81. The Labute approximate surface area is 90.2 Å². The van der Waals surface area contributed by atoms with Crippen LogP contribution in [-0.2, 0) is 9.53 Å². The van der Waals surface area contributed by atoms with Crippen molar-refractivity contribution < 1.29 is 9.53 Å². The average molecular weight is 217 g/mol. The molecule has 1 heterocycles. The fraction of sp³-hybridized carbons (Fsp3) is 0.900. The van der Waals surface area contributed by atoms with Gasteiger partial charge in [0.1, 0.15) is 6.04 Å². The first kappa shape index (κ1) is 11.9. The van der Waals surface area contributed by atoms with Crippen molar-refractivity contribution in [2.75, 3.05) is 32.2 Å². The van der Waals surface area contributed by atoms with Gasteiger partial charge in [-0.05, 0) is 25.6 Å². The van der Waals surface area contributed by atoms with Crippen molar-refractivity contribution >= 4 is 17.7 Å². The van der Waals surface area contributed by atoms with Crippen molar-refractivity contribution in [1.29, 1.82) is 0 Å². The minimum atomic E-state index is -0.0641. The number of esters is 1. The molecule has 0 bridgehead atoms. The van der Waals surface area contributed by atoms with Crippen molar-refractivity contribution in [1.82, 2.24) is 4.90 Å². The monoisotopic (exact) mass is 217 g/mol. The van der Waals surface area contributed by atoms with Gasteiger partial charge in [-0.25, -0.2) is 0 Å². The lowest BCUT2D eigenvalue weighted by molar-refractivity contribution is -0.148. The number of hydrogen-bond donors (Lipinski definition) is 0. The van der Waals surface area contributed by atoms with Crippen LogP contribution in [0, 0.1) is 0 Å². The van der Waals surface area contributed by atoms with Crippen LogP contribution in [0.5, 0.6) is 0 Å². The molecule has 0 aromatic rings. The summed E-state index contributed by atoms with van der Waals surface area (Å²) in [6.07, 6.45) is 5.41. The molecule has 0 N–H and O–H groups in total. The van der Waals surface area contributed by atoms with Crippen LogP contribution in [0.3, 0.4) is 0 Å². The molecule has 0 radical (unpaired) electrons. The molecule has 82 valence electrons. The van der Waals surface area contributed by atoms with Gasteiger partial charge in [-0.1, -0.05) is 6.42 Å². The summed E-state index contributed by atoms with van der Waals surface area (Å²) in [5.74, 6) is 1.03. The highest BCUT2D eigenvalue weighted by Crippen LogP contribution is 2.18. The summed E-state index contributed by atoms with van der Waals surface area (Å²) in [7, 11) is 1.48. The number of carbonyl (C=O) groups excluding carboxylic acids is 1. The zero-order valence-corrected chi connectivity index (χ0v) is 9.81. The third kappa shape index (κ3) is 3.17. The van der Waals surface area contributed by atoms with E-state index in [2.05, 4.69) is 11.2 Å². The number of rotatable bonds is 4. The number of likely N-dealkylation sites (tertiary alicyclic amines) is 1. The molecule has 0 aromatic heterocycles. The van der Waals surface area contributed by atoms with Crippen LogP contribution in [0.25, 0.3) is 0 Å². The van der Waals surface area contributed by atoms with Crippen molar-refractivity contribution in [3.05, 3.63) is 0 Å².